The Morgan fingerprint density at radius 2 is 1.88 bits per heavy atom. The van der Waals surface area contributed by atoms with Crippen molar-refractivity contribution in [1.82, 2.24) is 0 Å². The third-order valence-corrected chi connectivity index (χ3v) is 3.19. The number of amides is 1. The molecule has 0 aliphatic carbocycles. The molecule has 2 aromatic rings. The largest absolute Gasteiger partial charge is 0.462 e. The molecule has 0 aliphatic rings. The highest BCUT2D eigenvalue weighted by atomic mass is 16.6. The molecule has 0 spiro atoms. The lowest BCUT2D eigenvalue weighted by Crippen LogP contribution is -2.16. The molecule has 7 heteroatoms. The molecule has 0 fully saturated rings. The van der Waals surface area contributed by atoms with E-state index in [1.165, 1.54) is 12.1 Å². The Balaban J connectivity index is 2.18. The van der Waals surface area contributed by atoms with Gasteiger partial charge in [-0.05, 0) is 24.6 Å². The van der Waals surface area contributed by atoms with E-state index in [1.54, 1.807) is 31.2 Å². The molecule has 2 aromatic carbocycles. The average Bonchev–Trinajstić information content (AvgIpc) is 2.56. The molecular weight excluding hydrogens is 312 g/mol. The first-order valence-corrected chi connectivity index (χ1v) is 7.30. The van der Waals surface area contributed by atoms with Crippen LogP contribution >= 0.6 is 0 Å². The second-order valence-corrected chi connectivity index (χ2v) is 4.92. The minimum Gasteiger partial charge on any atom is -0.462 e. The van der Waals surface area contributed by atoms with E-state index in [0.717, 1.165) is 11.6 Å². The summed E-state index contributed by atoms with van der Waals surface area (Å²) >= 11 is 0. The van der Waals surface area contributed by atoms with Crippen molar-refractivity contribution in [3.63, 3.8) is 0 Å². The van der Waals surface area contributed by atoms with Crippen LogP contribution in [0.3, 0.4) is 0 Å². The van der Waals surface area contributed by atoms with Gasteiger partial charge in [-0.1, -0.05) is 30.3 Å². The predicted molar refractivity (Wildman–Crippen MR) is 87.8 cm³/mol. The zero-order valence-corrected chi connectivity index (χ0v) is 13.0. The molecule has 0 radical (unpaired) electrons. The summed E-state index contributed by atoms with van der Waals surface area (Å²) < 4.78 is 4.81. The van der Waals surface area contributed by atoms with Gasteiger partial charge in [-0.25, -0.2) is 4.79 Å². The summed E-state index contributed by atoms with van der Waals surface area (Å²) in [5, 5.41) is 13.7. The molecule has 0 saturated carbocycles. The van der Waals surface area contributed by atoms with Gasteiger partial charge in [0.2, 0.25) is 5.91 Å². The Morgan fingerprint density at radius 1 is 1.17 bits per heavy atom. The number of nitro groups is 1. The topological polar surface area (TPSA) is 98.5 Å². The highest BCUT2D eigenvalue weighted by molar-refractivity contribution is 5.96. The summed E-state index contributed by atoms with van der Waals surface area (Å²) in [5.41, 5.74) is 0.529. The second kappa shape index (κ2) is 7.87. The number of hydrogen-bond acceptors (Lipinski definition) is 5. The number of hydrogen-bond donors (Lipinski definition) is 1. The number of carbonyl (C=O) groups excluding carboxylic acids is 2. The summed E-state index contributed by atoms with van der Waals surface area (Å²) in [4.78, 5) is 34.3. The van der Waals surface area contributed by atoms with Gasteiger partial charge in [0.25, 0.3) is 5.69 Å². The van der Waals surface area contributed by atoms with Gasteiger partial charge in [0, 0.05) is 6.07 Å². The highest BCUT2D eigenvalue weighted by Crippen LogP contribution is 2.26. The van der Waals surface area contributed by atoms with Crippen LogP contribution in [0.5, 0.6) is 0 Å². The molecular formula is C17H16N2O5. The number of rotatable bonds is 6. The van der Waals surface area contributed by atoms with Crippen molar-refractivity contribution in [2.75, 3.05) is 11.9 Å². The third kappa shape index (κ3) is 4.39. The molecule has 24 heavy (non-hydrogen) atoms. The van der Waals surface area contributed by atoms with Crippen LogP contribution < -0.4 is 5.32 Å². The van der Waals surface area contributed by atoms with Gasteiger partial charge in [0.15, 0.2) is 0 Å². The fraction of sp³-hybridized carbons (Fsp3) is 0.176. The predicted octanol–water partition coefficient (Wildman–Crippen LogP) is 2.95. The van der Waals surface area contributed by atoms with Crippen molar-refractivity contribution < 1.29 is 19.2 Å². The summed E-state index contributed by atoms with van der Waals surface area (Å²) in [6, 6.07) is 12.8. The van der Waals surface area contributed by atoms with Crippen LogP contribution in [0, 0.1) is 10.1 Å². The molecule has 2 rings (SSSR count). The van der Waals surface area contributed by atoms with Crippen LogP contribution in [-0.2, 0) is 16.0 Å². The van der Waals surface area contributed by atoms with Crippen LogP contribution in [-0.4, -0.2) is 23.4 Å². The first kappa shape index (κ1) is 17.1. The maximum absolute atomic E-state index is 12.1. The molecule has 0 aliphatic heterocycles. The summed E-state index contributed by atoms with van der Waals surface area (Å²) in [6.07, 6.45) is 0.0949. The number of carbonyl (C=O) groups is 2. The quantitative estimate of drug-likeness (QED) is 0.499. The van der Waals surface area contributed by atoms with Crippen LogP contribution in [0.25, 0.3) is 0 Å². The van der Waals surface area contributed by atoms with E-state index in [1.807, 2.05) is 6.07 Å². The minimum absolute atomic E-state index is 0.0361. The van der Waals surface area contributed by atoms with Crippen molar-refractivity contribution in [3.8, 4) is 0 Å². The second-order valence-electron chi connectivity index (χ2n) is 4.92. The van der Waals surface area contributed by atoms with Crippen molar-refractivity contribution >= 4 is 23.3 Å². The molecule has 1 N–H and O–H groups in total. The van der Waals surface area contributed by atoms with Crippen molar-refractivity contribution in [2.24, 2.45) is 0 Å². The molecule has 0 saturated heterocycles. The molecule has 0 aromatic heterocycles. The van der Waals surface area contributed by atoms with Crippen LogP contribution in [0.15, 0.2) is 48.5 Å². The van der Waals surface area contributed by atoms with E-state index in [-0.39, 0.29) is 35.9 Å². The van der Waals surface area contributed by atoms with Gasteiger partial charge in [-0.15, -0.1) is 0 Å². The normalized spacial score (nSPS) is 10.0. The van der Waals surface area contributed by atoms with Crippen molar-refractivity contribution in [1.29, 1.82) is 0 Å². The van der Waals surface area contributed by atoms with E-state index in [4.69, 9.17) is 4.74 Å². The van der Waals surface area contributed by atoms with Crippen LogP contribution in [0.2, 0.25) is 0 Å². The zero-order valence-electron chi connectivity index (χ0n) is 13.0. The van der Waals surface area contributed by atoms with Crippen molar-refractivity contribution in [2.45, 2.75) is 13.3 Å². The average molecular weight is 328 g/mol. The number of benzene rings is 2. The highest BCUT2D eigenvalue weighted by Gasteiger charge is 2.19. The van der Waals surface area contributed by atoms with Crippen molar-refractivity contribution in [3.05, 3.63) is 69.8 Å². The van der Waals surface area contributed by atoms with E-state index in [9.17, 15) is 19.7 Å². The van der Waals surface area contributed by atoms with Gasteiger partial charge in [0.1, 0.15) is 5.69 Å². The first-order valence-electron chi connectivity index (χ1n) is 7.30. The molecule has 7 nitrogen and oxygen atoms in total. The molecule has 124 valence electrons. The number of esters is 1. The Kier molecular flexibility index (Phi) is 5.62. The van der Waals surface area contributed by atoms with E-state index >= 15 is 0 Å². The van der Waals surface area contributed by atoms with Gasteiger partial charge in [-0.2, -0.15) is 0 Å². The first-order chi connectivity index (χ1) is 11.5. The SMILES string of the molecule is CCOC(=O)c1ccc(NC(=O)Cc2ccccc2)c([N+](=O)[O-])c1. The summed E-state index contributed by atoms with van der Waals surface area (Å²) in [6.45, 7) is 1.81. The Labute approximate surface area is 138 Å². The molecule has 0 heterocycles. The number of nitrogens with zero attached hydrogens (tertiary/aromatic N) is 1. The summed E-state index contributed by atoms with van der Waals surface area (Å²) in [5.74, 6) is -1.03. The van der Waals surface area contributed by atoms with E-state index in [0.29, 0.717) is 0 Å². The minimum atomic E-state index is -0.652. The van der Waals surface area contributed by atoms with Crippen LogP contribution in [0.1, 0.15) is 22.8 Å². The maximum Gasteiger partial charge on any atom is 0.338 e. The van der Waals surface area contributed by atoms with Gasteiger partial charge in [0.05, 0.1) is 23.5 Å². The Hall–Kier alpha value is -3.22. The lowest BCUT2D eigenvalue weighted by atomic mass is 10.1. The maximum atomic E-state index is 12.1. The molecule has 0 atom stereocenters. The number of nitro benzene ring substituents is 1. The Bertz CT molecular complexity index is 759. The molecule has 0 unspecified atom stereocenters. The third-order valence-electron chi connectivity index (χ3n) is 3.19. The smallest absolute Gasteiger partial charge is 0.338 e. The fourth-order valence-corrected chi connectivity index (χ4v) is 2.11. The zero-order chi connectivity index (χ0) is 17.5. The number of nitrogens with one attached hydrogen (secondary N) is 1. The van der Waals surface area contributed by atoms with Gasteiger partial charge in [-0.3, -0.25) is 14.9 Å². The fourth-order valence-electron chi connectivity index (χ4n) is 2.11. The lowest BCUT2D eigenvalue weighted by molar-refractivity contribution is -0.384. The molecule has 1 amide bonds. The van der Waals surface area contributed by atoms with Crippen LogP contribution in [0.4, 0.5) is 11.4 Å². The van der Waals surface area contributed by atoms with E-state index < -0.39 is 10.9 Å². The number of anilines is 1. The summed E-state index contributed by atoms with van der Waals surface area (Å²) in [7, 11) is 0. The van der Waals surface area contributed by atoms with Gasteiger partial charge >= 0.3 is 5.97 Å². The van der Waals surface area contributed by atoms with E-state index in [2.05, 4.69) is 5.32 Å². The lowest BCUT2D eigenvalue weighted by Gasteiger charge is -2.08. The molecule has 0 bridgehead atoms. The standard InChI is InChI=1S/C17H16N2O5/c1-2-24-17(21)13-8-9-14(15(11-13)19(22)23)18-16(20)10-12-6-4-3-5-7-12/h3-9,11H,2,10H2,1H3,(H,18,20). The number of ether oxygens (including phenoxy) is 1. The monoisotopic (exact) mass is 328 g/mol. The van der Waals surface area contributed by atoms with Gasteiger partial charge < -0.3 is 10.1 Å². The Morgan fingerprint density at radius 3 is 2.50 bits per heavy atom.